The van der Waals surface area contributed by atoms with E-state index in [9.17, 15) is 9.90 Å². The van der Waals surface area contributed by atoms with Crippen LogP contribution in [0.4, 0.5) is 5.69 Å². The van der Waals surface area contributed by atoms with Crippen molar-refractivity contribution in [3.05, 3.63) is 60.3 Å². The van der Waals surface area contributed by atoms with Crippen LogP contribution in [0.5, 0.6) is 5.75 Å². The van der Waals surface area contributed by atoms with Crippen LogP contribution in [-0.2, 0) is 0 Å². The molecule has 3 rings (SSSR count). The summed E-state index contributed by atoms with van der Waals surface area (Å²) in [7, 11) is 0. The number of H-pyrrole nitrogens is 1. The fraction of sp³-hybridized carbons (Fsp3) is 0. The first-order chi connectivity index (χ1) is 9.24. The molecule has 0 radical (unpaired) electrons. The fourth-order valence-corrected chi connectivity index (χ4v) is 2.06. The molecule has 0 fully saturated rings. The largest absolute Gasteiger partial charge is 0.508 e. The van der Waals surface area contributed by atoms with Crippen LogP contribution in [0.1, 0.15) is 10.4 Å². The Kier molecular flexibility index (Phi) is 2.68. The number of amides is 1. The summed E-state index contributed by atoms with van der Waals surface area (Å²) < 4.78 is 0. The van der Waals surface area contributed by atoms with Gasteiger partial charge in [-0.1, -0.05) is 18.2 Å². The molecule has 0 spiro atoms. The molecule has 0 saturated carbocycles. The summed E-state index contributed by atoms with van der Waals surface area (Å²) in [5, 5.41) is 13.1. The molecular weight excluding hydrogens is 240 g/mol. The molecule has 0 saturated heterocycles. The van der Waals surface area contributed by atoms with Crippen LogP contribution < -0.4 is 5.32 Å². The molecule has 1 heterocycles. The van der Waals surface area contributed by atoms with Crippen molar-refractivity contribution in [3.63, 3.8) is 0 Å². The molecule has 0 bridgehead atoms. The number of aromatic amines is 1. The van der Waals surface area contributed by atoms with Crippen LogP contribution in [0.3, 0.4) is 0 Å². The minimum atomic E-state index is -0.210. The lowest BCUT2D eigenvalue weighted by molar-refractivity contribution is 0.102. The van der Waals surface area contributed by atoms with Crippen molar-refractivity contribution in [1.82, 2.24) is 4.98 Å². The predicted octanol–water partition coefficient (Wildman–Crippen LogP) is 3.13. The Morgan fingerprint density at radius 1 is 1.11 bits per heavy atom. The van der Waals surface area contributed by atoms with E-state index >= 15 is 0 Å². The lowest BCUT2D eigenvalue weighted by Gasteiger charge is -2.06. The van der Waals surface area contributed by atoms with E-state index in [2.05, 4.69) is 10.3 Å². The second-order valence-electron chi connectivity index (χ2n) is 4.25. The van der Waals surface area contributed by atoms with Gasteiger partial charge in [0.1, 0.15) is 5.75 Å². The van der Waals surface area contributed by atoms with Gasteiger partial charge in [0.15, 0.2) is 0 Å². The van der Waals surface area contributed by atoms with Gasteiger partial charge in [-0.25, -0.2) is 0 Å². The van der Waals surface area contributed by atoms with E-state index in [-0.39, 0.29) is 11.7 Å². The van der Waals surface area contributed by atoms with Crippen molar-refractivity contribution in [2.24, 2.45) is 0 Å². The minimum Gasteiger partial charge on any atom is -0.508 e. The van der Waals surface area contributed by atoms with Crippen molar-refractivity contribution in [2.75, 3.05) is 5.32 Å². The summed E-state index contributed by atoms with van der Waals surface area (Å²) >= 11 is 0. The first-order valence-corrected chi connectivity index (χ1v) is 5.90. The van der Waals surface area contributed by atoms with Gasteiger partial charge in [-0.3, -0.25) is 4.79 Å². The highest BCUT2D eigenvalue weighted by molar-refractivity contribution is 6.12. The minimum absolute atomic E-state index is 0.121. The highest BCUT2D eigenvalue weighted by atomic mass is 16.3. The Bertz CT molecular complexity index is 746. The third kappa shape index (κ3) is 2.15. The Labute approximate surface area is 109 Å². The quantitative estimate of drug-likeness (QED) is 0.656. The molecule has 0 unspecified atom stereocenters. The van der Waals surface area contributed by atoms with E-state index in [0.29, 0.717) is 11.3 Å². The van der Waals surface area contributed by atoms with Gasteiger partial charge in [0.2, 0.25) is 0 Å². The second-order valence-corrected chi connectivity index (χ2v) is 4.25. The van der Waals surface area contributed by atoms with E-state index in [1.54, 1.807) is 30.5 Å². The number of rotatable bonds is 2. The number of nitrogens with one attached hydrogen (secondary N) is 2. The number of aromatic hydroxyl groups is 1. The van der Waals surface area contributed by atoms with E-state index in [0.717, 1.165) is 10.9 Å². The molecule has 19 heavy (non-hydrogen) atoms. The number of hydrogen-bond acceptors (Lipinski definition) is 2. The Balaban J connectivity index is 1.94. The standard InChI is InChI=1S/C15H12N2O2/c18-12-5-2-4-11(9-12)17-15(19)13-6-1-3-10-7-8-16-14(10)13/h1-9,16,18H,(H,17,19). The average Bonchev–Trinajstić information content (AvgIpc) is 2.86. The van der Waals surface area contributed by atoms with E-state index in [4.69, 9.17) is 0 Å². The highest BCUT2D eigenvalue weighted by Crippen LogP contribution is 2.20. The summed E-state index contributed by atoms with van der Waals surface area (Å²) in [6, 6.07) is 13.9. The lowest BCUT2D eigenvalue weighted by Crippen LogP contribution is -2.12. The third-order valence-corrected chi connectivity index (χ3v) is 2.94. The van der Waals surface area contributed by atoms with Crippen molar-refractivity contribution in [3.8, 4) is 5.75 Å². The SMILES string of the molecule is O=C(Nc1cccc(O)c1)c1cccc2cc[nH]c12. The van der Waals surface area contributed by atoms with E-state index < -0.39 is 0 Å². The molecule has 4 nitrogen and oxygen atoms in total. The molecule has 4 heteroatoms. The van der Waals surface area contributed by atoms with Gasteiger partial charge >= 0.3 is 0 Å². The summed E-state index contributed by atoms with van der Waals surface area (Å²) in [5.74, 6) is -0.0884. The maximum Gasteiger partial charge on any atom is 0.257 e. The number of aromatic nitrogens is 1. The Morgan fingerprint density at radius 2 is 1.95 bits per heavy atom. The first kappa shape index (κ1) is 11.3. The molecule has 0 aliphatic carbocycles. The normalized spacial score (nSPS) is 10.5. The number of carbonyl (C=O) groups is 1. The number of benzene rings is 2. The van der Waals surface area contributed by atoms with Crippen LogP contribution in [0, 0.1) is 0 Å². The highest BCUT2D eigenvalue weighted by Gasteiger charge is 2.10. The molecule has 3 aromatic rings. The summed E-state index contributed by atoms with van der Waals surface area (Å²) in [6.07, 6.45) is 1.80. The van der Waals surface area contributed by atoms with Crippen molar-refractivity contribution < 1.29 is 9.90 Å². The van der Waals surface area contributed by atoms with Gasteiger partial charge in [-0.05, 0) is 24.3 Å². The van der Waals surface area contributed by atoms with Crippen molar-refractivity contribution in [2.45, 2.75) is 0 Å². The van der Waals surface area contributed by atoms with Gasteiger partial charge < -0.3 is 15.4 Å². The topological polar surface area (TPSA) is 65.1 Å². The number of phenolic OH excluding ortho intramolecular Hbond substituents is 1. The van der Waals surface area contributed by atoms with Gasteiger partial charge in [0.05, 0.1) is 11.1 Å². The van der Waals surface area contributed by atoms with Crippen molar-refractivity contribution >= 4 is 22.5 Å². The molecule has 1 amide bonds. The number of phenols is 1. The monoisotopic (exact) mass is 252 g/mol. The molecule has 0 aliphatic rings. The van der Waals surface area contributed by atoms with Crippen molar-refractivity contribution in [1.29, 1.82) is 0 Å². The van der Waals surface area contributed by atoms with Crippen LogP contribution in [0.2, 0.25) is 0 Å². The van der Waals surface area contributed by atoms with Gasteiger partial charge in [0, 0.05) is 23.3 Å². The van der Waals surface area contributed by atoms with Crippen LogP contribution >= 0.6 is 0 Å². The number of hydrogen-bond donors (Lipinski definition) is 3. The van der Waals surface area contributed by atoms with E-state index in [1.807, 2.05) is 18.2 Å². The molecule has 0 atom stereocenters. The molecule has 3 N–H and O–H groups in total. The molecule has 2 aromatic carbocycles. The van der Waals surface area contributed by atoms with Crippen LogP contribution in [0.25, 0.3) is 10.9 Å². The Morgan fingerprint density at radius 3 is 2.79 bits per heavy atom. The van der Waals surface area contributed by atoms with Crippen LogP contribution in [0.15, 0.2) is 54.7 Å². The van der Waals surface area contributed by atoms with Gasteiger partial charge in [0.25, 0.3) is 5.91 Å². The summed E-state index contributed by atoms with van der Waals surface area (Å²) in [6.45, 7) is 0. The zero-order chi connectivity index (χ0) is 13.2. The molecular formula is C15H12N2O2. The maximum atomic E-state index is 12.2. The average molecular weight is 252 g/mol. The van der Waals surface area contributed by atoms with E-state index in [1.165, 1.54) is 6.07 Å². The zero-order valence-corrected chi connectivity index (χ0v) is 10.1. The number of carbonyl (C=O) groups excluding carboxylic acids is 1. The smallest absolute Gasteiger partial charge is 0.257 e. The Hall–Kier alpha value is -2.75. The van der Waals surface area contributed by atoms with Crippen LogP contribution in [-0.4, -0.2) is 16.0 Å². The molecule has 0 aliphatic heterocycles. The second kappa shape index (κ2) is 4.49. The molecule has 94 valence electrons. The third-order valence-electron chi connectivity index (χ3n) is 2.94. The fourth-order valence-electron chi connectivity index (χ4n) is 2.06. The number of fused-ring (bicyclic) bond motifs is 1. The lowest BCUT2D eigenvalue weighted by atomic mass is 10.1. The van der Waals surface area contributed by atoms with Gasteiger partial charge in [-0.2, -0.15) is 0 Å². The molecule has 1 aromatic heterocycles. The summed E-state index contributed by atoms with van der Waals surface area (Å²) in [5.41, 5.74) is 1.94. The number of anilines is 1. The first-order valence-electron chi connectivity index (χ1n) is 5.90. The summed E-state index contributed by atoms with van der Waals surface area (Å²) in [4.78, 5) is 15.3. The van der Waals surface area contributed by atoms with Gasteiger partial charge in [-0.15, -0.1) is 0 Å². The maximum absolute atomic E-state index is 12.2. The predicted molar refractivity (Wildman–Crippen MR) is 74.4 cm³/mol. The zero-order valence-electron chi connectivity index (χ0n) is 10.1. The number of para-hydroxylation sites is 1.